The molecule has 138 valence electrons. The topological polar surface area (TPSA) is 72.7 Å². The van der Waals surface area contributed by atoms with Crippen molar-refractivity contribution in [3.63, 3.8) is 0 Å². The summed E-state index contributed by atoms with van der Waals surface area (Å²) in [5.74, 6) is -0.303. The average Bonchev–Trinajstić information content (AvgIpc) is 3.19. The number of hydrogen-bond acceptors (Lipinski definition) is 4. The molecule has 2 aromatic heterocycles. The Morgan fingerprint density at radius 2 is 1.79 bits per heavy atom. The second kappa shape index (κ2) is 8.02. The Kier molecular flexibility index (Phi) is 5.12. The molecule has 4 rings (SSSR count). The molecule has 2 heterocycles. The minimum atomic E-state index is -0.303. The van der Waals surface area contributed by atoms with E-state index in [0.29, 0.717) is 17.3 Å². The molecule has 0 spiro atoms. The second-order valence-electron chi connectivity index (χ2n) is 6.08. The number of benzene rings is 2. The normalized spacial score (nSPS) is 10.6. The molecule has 2 aromatic carbocycles. The molecular weight excluding hydrogens is 374 g/mol. The number of amides is 1. The number of halogens is 1. The predicted octanol–water partition coefficient (Wildman–Crippen LogP) is 3.91. The van der Waals surface area contributed by atoms with Gasteiger partial charge in [-0.1, -0.05) is 47.1 Å². The lowest BCUT2D eigenvalue weighted by atomic mass is 10.1. The van der Waals surface area contributed by atoms with E-state index < -0.39 is 0 Å². The van der Waals surface area contributed by atoms with E-state index in [2.05, 4.69) is 20.6 Å². The van der Waals surface area contributed by atoms with Gasteiger partial charge in [-0.05, 0) is 42.0 Å². The van der Waals surface area contributed by atoms with E-state index in [0.717, 1.165) is 16.8 Å². The van der Waals surface area contributed by atoms with Crippen LogP contribution in [0.15, 0.2) is 79.1 Å². The van der Waals surface area contributed by atoms with Crippen molar-refractivity contribution in [1.82, 2.24) is 25.3 Å². The zero-order chi connectivity index (χ0) is 19.3. The fourth-order valence-corrected chi connectivity index (χ4v) is 2.95. The fourth-order valence-electron chi connectivity index (χ4n) is 2.82. The summed E-state index contributed by atoms with van der Waals surface area (Å²) in [5.41, 5.74) is 3.30. The van der Waals surface area contributed by atoms with Crippen LogP contribution < -0.4 is 5.32 Å². The molecule has 1 amide bonds. The van der Waals surface area contributed by atoms with Crippen LogP contribution in [-0.4, -0.2) is 25.9 Å². The molecule has 1 N–H and O–H groups in total. The highest BCUT2D eigenvalue weighted by molar-refractivity contribution is 6.30. The number of pyridine rings is 1. The summed E-state index contributed by atoms with van der Waals surface area (Å²) in [4.78, 5) is 17.0. The van der Waals surface area contributed by atoms with Crippen LogP contribution >= 0.6 is 11.6 Å². The Balaban J connectivity index is 1.71. The number of nitrogens with one attached hydrogen (secondary N) is 1. The number of rotatable bonds is 5. The van der Waals surface area contributed by atoms with Gasteiger partial charge in [-0.25, -0.2) is 4.68 Å². The number of carbonyl (C=O) groups excluding carboxylic acids is 1. The standard InChI is InChI=1S/C21H16ClN5O/c22-17-8-10-18(11-9-17)27-20(16-7-4-12-23-14-16)19(25-26-27)21(28)24-13-15-5-2-1-3-6-15/h1-12,14H,13H2,(H,24,28). The van der Waals surface area contributed by atoms with E-state index in [1.54, 1.807) is 35.3 Å². The molecule has 0 unspecified atom stereocenters. The summed E-state index contributed by atoms with van der Waals surface area (Å²) in [6, 6.07) is 20.5. The summed E-state index contributed by atoms with van der Waals surface area (Å²) >= 11 is 5.99. The zero-order valence-electron chi connectivity index (χ0n) is 14.8. The fraction of sp³-hybridized carbons (Fsp3) is 0.0476. The first-order valence-corrected chi connectivity index (χ1v) is 9.04. The van der Waals surface area contributed by atoms with Gasteiger partial charge >= 0.3 is 0 Å². The Labute approximate surface area is 166 Å². The van der Waals surface area contributed by atoms with Crippen LogP contribution in [-0.2, 0) is 6.54 Å². The van der Waals surface area contributed by atoms with Crippen LogP contribution in [0.4, 0.5) is 0 Å². The molecule has 0 radical (unpaired) electrons. The van der Waals surface area contributed by atoms with E-state index in [1.165, 1.54) is 0 Å². The van der Waals surface area contributed by atoms with E-state index >= 15 is 0 Å². The first-order chi connectivity index (χ1) is 13.7. The van der Waals surface area contributed by atoms with Gasteiger partial charge < -0.3 is 5.32 Å². The predicted molar refractivity (Wildman–Crippen MR) is 107 cm³/mol. The third-order valence-corrected chi connectivity index (χ3v) is 4.44. The van der Waals surface area contributed by atoms with Crippen LogP contribution in [0.25, 0.3) is 16.9 Å². The van der Waals surface area contributed by atoms with Crippen molar-refractivity contribution in [1.29, 1.82) is 0 Å². The zero-order valence-corrected chi connectivity index (χ0v) is 15.5. The van der Waals surface area contributed by atoms with Crippen LogP contribution in [0.3, 0.4) is 0 Å². The SMILES string of the molecule is O=C(NCc1ccccc1)c1nnn(-c2ccc(Cl)cc2)c1-c1cccnc1. The lowest BCUT2D eigenvalue weighted by Gasteiger charge is -2.09. The molecule has 0 aliphatic carbocycles. The van der Waals surface area contributed by atoms with Gasteiger partial charge in [0.05, 0.1) is 5.69 Å². The van der Waals surface area contributed by atoms with E-state index in [1.807, 2.05) is 48.5 Å². The quantitative estimate of drug-likeness (QED) is 0.561. The summed E-state index contributed by atoms with van der Waals surface area (Å²) in [6.07, 6.45) is 3.36. The van der Waals surface area contributed by atoms with Crippen molar-refractivity contribution >= 4 is 17.5 Å². The highest BCUT2D eigenvalue weighted by Crippen LogP contribution is 2.25. The van der Waals surface area contributed by atoms with Gasteiger partial charge in [-0.2, -0.15) is 0 Å². The van der Waals surface area contributed by atoms with E-state index in [9.17, 15) is 4.79 Å². The third-order valence-electron chi connectivity index (χ3n) is 4.19. The lowest BCUT2D eigenvalue weighted by molar-refractivity contribution is 0.0946. The highest BCUT2D eigenvalue weighted by Gasteiger charge is 2.22. The van der Waals surface area contributed by atoms with Crippen LogP contribution in [0, 0.1) is 0 Å². The molecule has 28 heavy (non-hydrogen) atoms. The van der Waals surface area contributed by atoms with Crippen molar-refractivity contribution in [2.75, 3.05) is 0 Å². The van der Waals surface area contributed by atoms with Crippen LogP contribution in [0.1, 0.15) is 16.1 Å². The van der Waals surface area contributed by atoms with Crippen molar-refractivity contribution in [3.8, 4) is 16.9 Å². The first kappa shape index (κ1) is 17.9. The van der Waals surface area contributed by atoms with Crippen LogP contribution in [0.5, 0.6) is 0 Å². The average molecular weight is 390 g/mol. The molecule has 0 atom stereocenters. The van der Waals surface area contributed by atoms with Gasteiger partial charge in [0, 0.05) is 29.5 Å². The Bertz CT molecular complexity index is 1080. The molecule has 6 nitrogen and oxygen atoms in total. The molecule has 0 saturated heterocycles. The summed E-state index contributed by atoms with van der Waals surface area (Å²) in [7, 11) is 0. The smallest absolute Gasteiger partial charge is 0.274 e. The van der Waals surface area contributed by atoms with Gasteiger partial charge in [0.2, 0.25) is 0 Å². The first-order valence-electron chi connectivity index (χ1n) is 8.66. The van der Waals surface area contributed by atoms with Gasteiger partial charge in [-0.3, -0.25) is 9.78 Å². The monoisotopic (exact) mass is 389 g/mol. The largest absolute Gasteiger partial charge is 0.346 e. The van der Waals surface area contributed by atoms with Crippen LogP contribution in [0.2, 0.25) is 5.02 Å². The lowest BCUT2D eigenvalue weighted by Crippen LogP contribution is -2.24. The number of nitrogens with zero attached hydrogens (tertiary/aromatic N) is 4. The van der Waals surface area contributed by atoms with Gasteiger partial charge in [0.25, 0.3) is 5.91 Å². The van der Waals surface area contributed by atoms with Gasteiger partial charge in [0.15, 0.2) is 5.69 Å². The Morgan fingerprint density at radius 3 is 2.50 bits per heavy atom. The van der Waals surface area contributed by atoms with Crippen molar-refractivity contribution in [2.24, 2.45) is 0 Å². The molecule has 0 bridgehead atoms. The maximum atomic E-state index is 12.8. The molecule has 0 fully saturated rings. The van der Waals surface area contributed by atoms with E-state index in [-0.39, 0.29) is 11.6 Å². The third kappa shape index (κ3) is 3.77. The van der Waals surface area contributed by atoms with E-state index in [4.69, 9.17) is 11.6 Å². The summed E-state index contributed by atoms with van der Waals surface area (Å²) in [6.45, 7) is 0.403. The van der Waals surface area contributed by atoms with Crippen molar-refractivity contribution < 1.29 is 4.79 Å². The maximum Gasteiger partial charge on any atom is 0.274 e. The molecule has 0 aliphatic rings. The molecule has 4 aromatic rings. The summed E-state index contributed by atoms with van der Waals surface area (Å²) in [5, 5.41) is 11.9. The van der Waals surface area contributed by atoms with Crippen molar-refractivity contribution in [3.05, 3.63) is 95.4 Å². The van der Waals surface area contributed by atoms with Gasteiger partial charge in [-0.15, -0.1) is 5.10 Å². The molecule has 0 saturated carbocycles. The second-order valence-corrected chi connectivity index (χ2v) is 6.52. The number of hydrogen-bond donors (Lipinski definition) is 1. The van der Waals surface area contributed by atoms with Gasteiger partial charge in [0.1, 0.15) is 5.69 Å². The maximum absolute atomic E-state index is 12.8. The molecule has 0 aliphatic heterocycles. The minimum Gasteiger partial charge on any atom is -0.346 e. The Hall–Kier alpha value is -3.51. The Morgan fingerprint density at radius 1 is 1.00 bits per heavy atom. The van der Waals surface area contributed by atoms with Crippen molar-refractivity contribution in [2.45, 2.75) is 6.54 Å². The minimum absolute atomic E-state index is 0.235. The summed E-state index contributed by atoms with van der Waals surface area (Å²) < 4.78 is 1.62. The number of carbonyl (C=O) groups is 1. The molecular formula is C21H16ClN5O. The highest BCUT2D eigenvalue weighted by atomic mass is 35.5. The number of aromatic nitrogens is 4. The molecule has 7 heteroatoms.